The van der Waals surface area contributed by atoms with Crippen molar-refractivity contribution in [3.63, 3.8) is 0 Å². The van der Waals surface area contributed by atoms with E-state index in [0.29, 0.717) is 5.84 Å². The zero-order valence-electron chi connectivity index (χ0n) is 9.35. The van der Waals surface area contributed by atoms with Gasteiger partial charge in [0.15, 0.2) is 12.0 Å². The Kier molecular flexibility index (Phi) is 2.13. The Labute approximate surface area is 88.6 Å². The van der Waals surface area contributed by atoms with Crippen molar-refractivity contribution in [1.29, 1.82) is 0 Å². The topological polar surface area (TPSA) is 60.3 Å². The minimum absolute atomic E-state index is 0.0747. The first-order valence-electron chi connectivity index (χ1n) is 4.94. The Morgan fingerprint density at radius 1 is 1.40 bits per heavy atom. The van der Waals surface area contributed by atoms with Crippen LogP contribution in [0.1, 0.15) is 13.8 Å². The van der Waals surface area contributed by atoms with Gasteiger partial charge in [0.1, 0.15) is 5.84 Å². The van der Waals surface area contributed by atoms with E-state index in [2.05, 4.69) is 15.5 Å². The average Bonchev–Trinajstić information content (AvgIpc) is 2.44. The third-order valence-electron chi connectivity index (χ3n) is 2.62. The van der Waals surface area contributed by atoms with Gasteiger partial charge in [0, 0.05) is 20.0 Å². The molecule has 2 rings (SSSR count). The van der Waals surface area contributed by atoms with Gasteiger partial charge in [0.05, 0.1) is 0 Å². The number of amides is 2. The Morgan fingerprint density at radius 2 is 2.07 bits per heavy atom. The number of carbonyl (C=O) groups excluding carboxylic acids is 1. The van der Waals surface area contributed by atoms with Gasteiger partial charge in [-0.05, 0) is 0 Å². The second-order valence-corrected chi connectivity index (χ2v) is 4.08. The highest BCUT2D eigenvalue weighted by Gasteiger charge is 2.41. The Bertz CT molecular complexity index is 360. The lowest BCUT2D eigenvalue weighted by Gasteiger charge is -2.21. The molecule has 6 nitrogen and oxygen atoms in total. The molecule has 6 heteroatoms. The van der Waals surface area contributed by atoms with Gasteiger partial charge in [0.25, 0.3) is 0 Å². The van der Waals surface area contributed by atoms with Crippen molar-refractivity contribution in [3.8, 4) is 0 Å². The van der Waals surface area contributed by atoms with Crippen molar-refractivity contribution in [3.05, 3.63) is 0 Å². The fraction of sp³-hybridized carbons (Fsp3) is 0.667. The van der Waals surface area contributed by atoms with Crippen LogP contribution in [0.5, 0.6) is 0 Å². The molecule has 1 saturated heterocycles. The summed E-state index contributed by atoms with van der Waals surface area (Å²) in [6.07, 6.45) is -0.263. The molecule has 82 valence electrons. The van der Waals surface area contributed by atoms with Gasteiger partial charge < -0.3 is 0 Å². The molecule has 2 aliphatic heterocycles. The summed E-state index contributed by atoms with van der Waals surface area (Å²) in [6, 6.07) is -0.0747. The predicted molar refractivity (Wildman–Crippen MR) is 57.6 cm³/mol. The van der Waals surface area contributed by atoms with Crippen molar-refractivity contribution in [2.75, 3.05) is 14.1 Å². The highest BCUT2D eigenvalue weighted by molar-refractivity contribution is 6.09. The second-order valence-electron chi connectivity index (χ2n) is 4.08. The van der Waals surface area contributed by atoms with E-state index < -0.39 is 0 Å². The number of rotatable bonds is 1. The van der Waals surface area contributed by atoms with Crippen LogP contribution < -0.4 is 5.43 Å². The van der Waals surface area contributed by atoms with Crippen molar-refractivity contribution in [2.45, 2.75) is 20.0 Å². The molecule has 0 spiro atoms. The molecule has 0 saturated carbocycles. The highest BCUT2D eigenvalue weighted by Crippen LogP contribution is 2.19. The summed E-state index contributed by atoms with van der Waals surface area (Å²) >= 11 is 0. The number of urea groups is 1. The van der Waals surface area contributed by atoms with Crippen LogP contribution in [0, 0.1) is 5.92 Å². The quantitative estimate of drug-likeness (QED) is 0.674. The van der Waals surface area contributed by atoms with Gasteiger partial charge in [-0.2, -0.15) is 5.10 Å². The van der Waals surface area contributed by atoms with Crippen LogP contribution in [0.4, 0.5) is 4.79 Å². The van der Waals surface area contributed by atoms with Gasteiger partial charge >= 0.3 is 6.03 Å². The number of hydrazone groups is 1. The van der Waals surface area contributed by atoms with E-state index in [1.165, 1.54) is 4.90 Å². The molecule has 15 heavy (non-hydrogen) atoms. The smallest absolute Gasteiger partial charge is 0.298 e. The SMILES string of the molecule is CC(C)C1=NC2C(=NN1)N(C)C(=O)N2C. The van der Waals surface area contributed by atoms with E-state index in [4.69, 9.17) is 0 Å². The standard InChI is InChI=1S/C9H15N5O/c1-5(2)6-10-7-8(12-11-6)14(4)9(15)13(7)3/h5,7H,1-4H3,(H,10,11). The molecule has 2 amide bonds. The lowest BCUT2D eigenvalue weighted by molar-refractivity contribution is 0.203. The number of amidine groups is 2. The van der Waals surface area contributed by atoms with E-state index in [-0.39, 0.29) is 18.1 Å². The molecule has 0 aromatic heterocycles. The zero-order valence-corrected chi connectivity index (χ0v) is 9.35. The summed E-state index contributed by atoms with van der Waals surface area (Å²) in [5.41, 5.74) is 2.88. The molecular formula is C9H15N5O. The second kappa shape index (κ2) is 3.22. The minimum Gasteiger partial charge on any atom is -0.298 e. The molecule has 1 unspecified atom stereocenters. The number of fused-ring (bicyclic) bond motifs is 1. The number of hydrogen-bond donors (Lipinski definition) is 1. The Balaban J connectivity index is 2.31. The van der Waals surface area contributed by atoms with E-state index in [1.54, 1.807) is 19.0 Å². The monoisotopic (exact) mass is 209 g/mol. The molecule has 0 aromatic rings. The molecular weight excluding hydrogens is 194 g/mol. The molecule has 1 N–H and O–H groups in total. The molecule has 1 atom stereocenters. The predicted octanol–water partition coefficient (Wildman–Crippen LogP) is 0.281. The molecule has 0 radical (unpaired) electrons. The van der Waals surface area contributed by atoms with E-state index in [0.717, 1.165) is 5.84 Å². The normalized spacial score (nSPS) is 25.1. The van der Waals surface area contributed by atoms with E-state index in [1.807, 2.05) is 13.8 Å². The summed E-state index contributed by atoms with van der Waals surface area (Å²) in [5.74, 6) is 1.76. The van der Waals surface area contributed by atoms with Crippen molar-refractivity contribution >= 4 is 17.7 Å². The fourth-order valence-corrected chi connectivity index (χ4v) is 1.62. The summed E-state index contributed by atoms with van der Waals surface area (Å²) in [4.78, 5) is 19.2. The number of nitrogens with one attached hydrogen (secondary N) is 1. The van der Waals surface area contributed by atoms with Crippen LogP contribution in [0.3, 0.4) is 0 Å². The van der Waals surface area contributed by atoms with Crippen molar-refractivity contribution in [1.82, 2.24) is 15.2 Å². The Hall–Kier alpha value is -1.59. The first-order chi connectivity index (χ1) is 7.02. The average molecular weight is 209 g/mol. The number of likely N-dealkylation sites (N-methyl/N-ethyl adjacent to an activating group) is 2. The lowest BCUT2D eigenvalue weighted by Crippen LogP contribution is -2.40. The maximum atomic E-state index is 11.6. The molecule has 0 bridgehead atoms. The maximum Gasteiger partial charge on any atom is 0.327 e. The lowest BCUT2D eigenvalue weighted by atomic mass is 10.2. The third kappa shape index (κ3) is 1.36. The third-order valence-corrected chi connectivity index (χ3v) is 2.62. The van der Waals surface area contributed by atoms with Gasteiger partial charge in [-0.25, -0.2) is 9.79 Å². The highest BCUT2D eigenvalue weighted by atomic mass is 16.2. The fourth-order valence-electron chi connectivity index (χ4n) is 1.62. The van der Waals surface area contributed by atoms with E-state index in [9.17, 15) is 4.79 Å². The first kappa shape index (κ1) is 9.95. The molecule has 0 aliphatic carbocycles. The summed E-state index contributed by atoms with van der Waals surface area (Å²) in [6.45, 7) is 4.07. The number of aliphatic imine (C=N–C) groups is 1. The van der Waals surface area contributed by atoms with Crippen LogP contribution in [0.25, 0.3) is 0 Å². The van der Waals surface area contributed by atoms with Gasteiger partial charge in [-0.1, -0.05) is 13.8 Å². The van der Waals surface area contributed by atoms with Crippen molar-refractivity contribution < 1.29 is 4.79 Å². The van der Waals surface area contributed by atoms with Gasteiger partial charge in [-0.15, -0.1) is 0 Å². The van der Waals surface area contributed by atoms with Gasteiger partial charge in [0.2, 0.25) is 0 Å². The molecule has 0 aromatic carbocycles. The van der Waals surface area contributed by atoms with Crippen molar-refractivity contribution in [2.24, 2.45) is 16.0 Å². The first-order valence-corrected chi connectivity index (χ1v) is 4.94. The van der Waals surface area contributed by atoms with Crippen LogP contribution in [-0.4, -0.2) is 47.8 Å². The molecule has 2 aliphatic rings. The summed E-state index contributed by atoms with van der Waals surface area (Å²) in [5, 5.41) is 4.18. The number of carbonyl (C=O) groups is 1. The van der Waals surface area contributed by atoms with E-state index >= 15 is 0 Å². The zero-order chi connectivity index (χ0) is 11.2. The van der Waals surface area contributed by atoms with Crippen LogP contribution in [-0.2, 0) is 0 Å². The van der Waals surface area contributed by atoms with Crippen LogP contribution in [0.2, 0.25) is 0 Å². The number of nitrogens with zero attached hydrogens (tertiary/aromatic N) is 4. The largest absolute Gasteiger partial charge is 0.327 e. The van der Waals surface area contributed by atoms with Crippen LogP contribution in [0.15, 0.2) is 10.1 Å². The summed E-state index contributed by atoms with van der Waals surface area (Å²) in [7, 11) is 3.44. The molecule has 2 heterocycles. The maximum absolute atomic E-state index is 11.6. The number of hydrogen-bond acceptors (Lipinski definition) is 4. The van der Waals surface area contributed by atoms with Crippen LogP contribution >= 0.6 is 0 Å². The Morgan fingerprint density at radius 3 is 2.67 bits per heavy atom. The van der Waals surface area contributed by atoms with Gasteiger partial charge in [-0.3, -0.25) is 15.2 Å². The summed E-state index contributed by atoms with van der Waals surface area (Å²) < 4.78 is 0. The molecule has 1 fully saturated rings. The minimum atomic E-state index is -0.263.